The van der Waals surface area contributed by atoms with E-state index in [-0.39, 0.29) is 30.8 Å². The number of ether oxygens (including phenoxy) is 1. The predicted molar refractivity (Wildman–Crippen MR) is 94.9 cm³/mol. The molecule has 1 atom stereocenters. The number of carbonyl (C=O) groups excluding carboxylic acids is 1. The van der Waals surface area contributed by atoms with Crippen molar-refractivity contribution in [2.75, 3.05) is 13.2 Å². The van der Waals surface area contributed by atoms with Crippen LogP contribution in [-0.4, -0.2) is 19.1 Å². The summed E-state index contributed by atoms with van der Waals surface area (Å²) in [6, 6.07) is 17.2. The van der Waals surface area contributed by atoms with Crippen LogP contribution in [0, 0.1) is 6.92 Å². The molecule has 2 rings (SSSR count). The number of nitrogens with two attached hydrogens (primary N) is 1. The van der Waals surface area contributed by atoms with Crippen LogP contribution >= 0.6 is 12.4 Å². The first-order valence-electron chi connectivity index (χ1n) is 7.42. The van der Waals surface area contributed by atoms with Gasteiger partial charge in [0.15, 0.2) is 0 Å². The van der Waals surface area contributed by atoms with E-state index < -0.39 is 0 Å². The normalized spacial score (nSPS) is 11.2. The fraction of sp³-hybridized carbons (Fsp3) is 0.278. The lowest BCUT2D eigenvalue weighted by Crippen LogP contribution is -2.30. The van der Waals surface area contributed by atoms with Crippen molar-refractivity contribution < 1.29 is 9.53 Å². The highest BCUT2D eigenvalue weighted by atomic mass is 35.5. The maximum atomic E-state index is 11.8. The molecule has 0 aromatic heterocycles. The van der Waals surface area contributed by atoms with Gasteiger partial charge in [0, 0.05) is 12.5 Å². The molecule has 0 aliphatic carbocycles. The highest BCUT2D eigenvalue weighted by Gasteiger charge is 2.10. The lowest BCUT2D eigenvalue weighted by molar-refractivity contribution is -0.121. The fourth-order valence-electron chi connectivity index (χ4n) is 2.08. The first kappa shape index (κ1) is 19.0. The van der Waals surface area contributed by atoms with Crippen LogP contribution in [0.5, 0.6) is 5.75 Å². The van der Waals surface area contributed by atoms with Crippen LogP contribution in [0.3, 0.4) is 0 Å². The minimum absolute atomic E-state index is 0. The number of hydrogen-bond acceptors (Lipinski definition) is 3. The molecule has 0 radical (unpaired) electrons. The molecule has 0 aliphatic heterocycles. The lowest BCUT2D eigenvalue weighted by Gasteiger charge is -2.12. The SMILES string of the molecule is Cc1ccc(OCCNC(=O)CC(N)c2ccccc2)cc1.Cl. The molecule has 124 valence electrons. The van der Waals surface area contributed by atoms with Crippen LogP contribution in [0.1, 0.15) is 23.6 Å². The molecule has 3 N–H and O–H groups in total. The number of rotatable bonds is 7. The second-order valence-corrected chi connectivity index (χ2v) is 5.23. The number of halogens is 1. The van der Waals surface area contributed by atoms with E-state index >= 15 is 0 Å². The van der Waals surface area contributed by atoms with Crippen molar-refractivity contribution in [3.8, 4) is 5.75 Å². The summed E-state index contributed by atoms with van der Waals surface area (Å²) in [4.78, 5) is 11.8. The Hall–Kier alpha value is -2.04. The molecule has 0 heterocycles. The van der Waals surface area contributed by atoms with Crippen LogP contribution in [-0.2, 0) is 4.79 Å². The highest BCUT2D eigenvalue weighted by molar-refractivity contribution is 5.85. The molecular weight excluding hydrogens is 312 g/mol. The lowest BCUT2D eigenvalue weighted by atomic mass is 10.0. The van der Waals surface area contributed by atoms with Crippen molar-refractivity contribution in [2.45, 2.75) is 19.4 Å². The zero-order valence-electron chi connectivity index (χ0n) is 13.2. The smallest absolute Gasteiger partial charge is 0.222 e. The van der Waals surface area contributed by atoms with Gasteiger partial charge >= 0.3 is 0 Å². The van der Waals surface area contributed by atoms with Gasteiger partial charge in [-0.05, 0) is 24.6 Å². The maximum Gasteiger partial charge on any atom is 0.222 e. The fourth-order valence-corrected chi connectivity index (χ4v) is 2.08. The Kier molecular flexibility index (Phi) is 8.16. The summed E-state index contributed by atoms with van der Waals surface area (Å²) in [7, 11) is 0. The van der Waals surface area contributed by atoms with Crippen LogP contribution in [0.15, 0.2) is 54.6 Å². The number of hydrogen-bond donors (Lipinski definition) is 2. The first-order chi connectivity index (χ1) is 10.6. The number of carbonyl (C=O) groups is 1. The molecule has 0 spiro atoms. The van der Waals surface area contributed by atoms with Gasteiger partial charge in [-0.2, -0.15) is 0 Å². The molecule has 1 unspecified atom stereocenters. The quantitative estimate of drug-likeness (QED) is 0.765. The van der Waals surface area contributed by atoms with Gasteiger partial charge in [-0.25, -0.2) is 0 Å². The molecule has 0 aliphatic rings. The third-order valence-corrected chi connectivity index (χ3v) is 3.35. The van der Waals surface area contributed by atoms with Crippen LogP contribution in [0.2, 0.25) is 0 Å². The predicted octanol–water partition coefficient (Wildman–Crippen LogP) is 3.00. The zero-order valence-corrected chi connectivity index (χ0v) is 14.0. The Bertz CT molecular complexity index is 588. The van der Waals surface area contributed by atoms with Crippen molar-refractivity contribution in [3.05, 3.63) is 65.7 Å². The van der Waals surface area contributed by atoms with Gasteiger partial charge < -0.3 is 15.8 Å². The Labute approximate surface area is 143 Å². The maximum absolute atomic E-state index is 11.8. The number of aryl methyl sites for hydroxylation is 1. The molecular formula is C18H23ClN2O2. The van der Waals surface area contributed by atoms with Crippen LogP contribution in [0.4, 0.5) is 0 Å². The molecule has 0 saturated carbocycles. The molecule has 2 aromatic carbocycles. The van der Waals surface area contributed by atoms with E-state index in [0.717, 1.165) is 11.3 Å². The van der Waals surface area contributed by atoms with Gasteiger partial charge in [0.1, 0.15) is 12.4 Å². The Morgan fingerprint density at radius 1 is 1.13 bits per heavy atom. The second kappa shape index (κ2) is 9.87. The summed E-state index contributed by atoms with van der Waals surface area (Å²) in [6.45, 7) is 2.93. The van der Waals surface area contributed by atoms with Gasteiger partial charge in [-0.1, -0.05) is 48.0 Å². The standard InChI is InChI=1S/C18H22N2O2.ClH/c1-14-7-9-16(10-8-14)22-12-11-20-18(21)13-17(19)15-5-3-2-4-6-15;/h2-10,17H,11-13,19H2,1H3,(H,20,21);1H. The third kappa shape index (κ3) is 6.72. The Morgan fingerprint density at radius 2 is 1.78 bits per heavy atom. The van der Waals surface area contributed by atoms with Gasteiger partial charge in [-0.15, -0.1) is 12.4 Å². The number of amides is 1. The van der Waals surface area contributed by atoms with E-state index in [0.29, 0.717) is 13.2 Å². The largest absolute Gasteiger partial charge is 0.492 e. The molecule has 0 bridgehead atoms. The van der Waals surface area contributed by atoms with Crippen LogP contribution in [0.25, 0.3) is 0 Å². The van der Waals surface area contributed by atoms with Crippen LogP contribution < -0.4 is 15.8 Å². The number of benzene rings is 2. The van der Waals surface area contributed by atoms with Gasteiger partial charge in [0.25, 0.3) is 0 Å². The Morgan fingerprint density at radius 3 is 2.43 bits per heavy atom. The summed E-state index contributed by atoms with van der Waals surface area (Å²) in [5, 5.41) is 2.82. The van der Waals surface area contributed by atoms with E-state index in [4.69, 9.17) is 10.5 Å². The molecule has 4 nitrogen and oxygen atoms in total. The topological polar surface area (TPSA) is 64.3 Å². The van der Waals surface area contributed by atoms with E-state index in [9.17, 15) is 4.79 Å². The van der Waals surface area contributed by atoms with Crippen molar-refractivity contribution in [1.29, 1.82) is 0 Å². The monoisotopic (exact) mass is 334 g/mol. The van der Waals surface area contributed by atoms with Crippen molar-refractivity contribution in [2.24, 2.45) is 5.73 Å². The summed E-state index contributed by atoms with van der Waals surface area (Å²) in [5.74, 6) is 0.740. The van der Waals surface area contributed by atoms with E-state index in [2.05, 4.69) is 5.32 Å². The van der Waals surface area contributed by atoms with Crippen molar-refractivity contribution >= 4 is 18.3 Å². The highest BCUT2D eigenvalue weighted by Crippen LogP contribution is 2.13. The second-order valence-electron chi connectivity index (χ2n) is 5.23. The minimum Gasteiger partial charge on any atom is -0.492 e. The molecule has 5 heteroatoms. The average Bonchev–Trinajstić information content (AvgIpc) is 2.54. The minimum atomic E-state index is -0.279. The molecule has 1 amide bonds. The summed E-state index contributed by atoms with van der Waals surface area (Å²) in [5.41, 5.74) is 8.17. The molecule has 0 saturated heterocycles. The third-order valence-electron chi connectivity index (χ3n) is 3.35. The van der Waals surface area contributed by atoms with Crippen molar-refractivity contribution in [3.63, 3.8) is 0 Å². The van der Waals surface area contributed by atoms with E-state index in [1.807, 2.05) is 61.5 Å². The van der Waals surface area contributed by atoms with E-state index in [1.165, 1.54) is 5.56 Å². The number of nitrogens with one attached hydrogen (secondary N) is 1. The van der Waals surface area contributed by atoms with E-state index in [1.54, 1.807) is 0 Å². The first-order valence-corrected chi connectivity index (χ1v) is 7.42. The van der Waals surface area contributed by atoms with Gasteiger partial charge in [0.05, 0.1) is 6.54 Å². The summed E-state index contributed by atoms with van der Waals surface area (Å²) < 4.78 is 5.56. The average molecular weight is 335 g/mol. The van der Waals surface area contributed by atoms with Gasteiger partial charge in [0.2, 0.25) is 5.91 Å². The molecule has 2 aromatic rings. The van der Waals surface area contributed by atoms with Gasteiger partial charge in [-0.3, -0.25) is 4.79 Å². The molecule has 0 fully saturated rings. The zero-order chi connectivity index (χ0) is 15.8. The summed E-state index contributed by atoms with van der Waals surface area (Å²) in [6.07, 6.45) is 0.272. The Balaban J connectivity index is 0.00000264. The van der Waals surface area contributed by atoms with Crippen molar-refractivity contribution in [1.82, 2.24) is 5.32 Å². The molecule has 23 heavy (non-hydrogen) atoms. The summed E-state index contributed by atoms with van der Waals surface area (Å²) >= 11 is 0.